The molecule has 0 unspecified atom stereocenters. The molecule has 0 aliphatic heterocycles. The first kappa shape index (κ1) is 12.2. The van der Waals surface area contributed by atoms with Crippen molar-refractivity contribution in [3.8, 4) is 0 Å². The highest BCUT2D eigenvalue weighted by Gasteiger charge is 2.03. The van der Waals surface area contributed by atoms with E-state index in [9.17, 15) is 9.59 Å². The molecule has 0 spiro atoms. The third-order valence-corrected chi connectivity index (χ3v) is 2.01. The molecule has 0 fully saturated rings. The van der Waals surface area contributed by atoms with Crippen LogP contribution in [0.3, 0.4) is 0 Å². The van der Waals surface area contributed by atoms with E-state index in [-0.39, 0.29) is 12.5 Å². The third-order valence-electron chi connectivity index (χ3n) is 2.01. The Kier molecular flexibility index (Phi) is 5.01. The van der Waals surface area contributed by atoms with Gasteiger partial charge in [-0.3, -0.25) is 20.4 Å². The van der Waals surface area contributed by atoms with Crippen molar-refractivity contribution in [2.45, 2.75) is 12.8 Å². The average Bonchev–Trinajstić information content (AvgIpc) is 2.34. The molecule has 5 heteroatoms. The molecular weight excluding hydrogens is 206 g/mol. The van der Waals surface area contributed by atoms with Crippen LogP contribution >= 0.6 is 0 Å². The topological polar surface area (TPSA) is 84.2 Å². The lowest BCUT2D eigenvalue weighted by molar-refractivity contribution is -0.128. The van der Waals surface area contributed by atoms with Gasteiger partial charge in [0.05, 0.1) is 6.54 Å². The first-order valence-corrected chi connectivity index (χ1v) is 5.04. The number of rotatable bonds is 4. The summed E-state index contributed by atoms with van der Waals surface area (Å²) in [7, 11) is 0. The first-order valence-electron chi connectivity index (χ1n) is 5.04. The van der Waals surface area contributed by atoms with Gasteiger partial charge < -0.3 is 5.73 Å². The Morgan fingerprint density at radius 2 is 1.69 bits per heavy atom. The number of nitrogens with two attached hydrogens (primary N) is 1. The lowest BCUT2D eigenvalue weighted by Crippen LogP contribution is -2.44. The second-order valence-electron chi connectivity index (χ2n) is 3.29. The second kappa shape index (κ2) is 6.58. The Labute approximate surface area is 94.0 Å². The summed E-state index contributed by atoms with van der Waals surface area (Å²) in [5.74, 6) is -0.640. The van der Waals surface area contributed by atoms with Crippen molar-refractivity contribution in [3.63, 3.8) is 0 Å². The largest absolute Gasteiger partial charge is 0.322 e. The van der Waals surface area contributed by atoms with Crippen LogP contribution in [0.1, 0.15) is 12.0 Å². The van der Waals surface area contributed by atoms with Gasteiger partial charge in [0.25, 0.3) is 5.91 Å². The Hall–Kier alpha value is -1.88. The quantitative estimate of drug-likeness (QED) is 0.612. The van der Waals surface area contributed by atoms with E-state index in [1.54, 1.807) is 0 Å². The van der Waals surface area contributed by atoms with E-state index in [0.29, 0.717) is 12.8 Å². The lowest BCUT2D eigenvalue weighted by Gasteiger charge is -2.05. The molecule has 86 valence electrons. The number of nitrogens with one attached hydrogen (secondary N) is 2. The second-order valence-corrected chi connectivity index (χ2v) is 3.29. The van der Waals surface area contributed by atoms with Crippen molar-refractivity contribution in [2.24, 2.45) is 5.73 Å². The van der Waals surface area contributed by atoms with Gasteiger partial charge in [-0.05, 0) is 12.0 Å². The molecule has 1 aromatic carbocycles. The van der Waals surface area contributed by atoms with E-state index in [4.69, 9.17) is 5.73 Å². The molecule has 0 saturated carbocycles. The summed E-state index contributed by atoms with van der Waals surface area (Å²) in [5.41, 5.74) is 10.6. The summed E-state index contributed by atoms with van der Waals surface area (Å²) >= 11 is 0. The van der Waals surface area contributed by atoms with E-state index < -0.39 is 5.91 Å². The number of amides is 2. The van der Waals surface area contributed by atoms with Crippen molar-refractivity contribution in [3.05, 3.63) is 35.9 Å². The minimum Gasteiger partial charge on any atom is -0.322 e. The fourth-order valence-corrected chi connectivity index (χ4v) is 1.16. The van der Waals surface area contributed by atoms with Gasteiger partial charge in [0.1, 0.15) is 0 Å². The van der Waals surface area contributed by atoms with Gasteiger partial charge >= 0.3 is 0 Å². The number of carbonyl (C=O) groups is 2. The van der Waals surface area contributed by atoms with Crippen LogP contribution in [0.25, 0.3) is 0 Å². The summed E-state index contributed by atoms with van der Waals surface area (Å²) in [6, 6.07) is 9.66. The number of aryl methyl sites for hydroxylation is 1. The van der Waals surface area contributed by atoms with Crippen LogP contribution in [0.5, 0.6) is 0 Å². The maximum atomic E-state index is 11.3. The zero-order chi connectivity index (χ0) is 11.8. The smallest absolute Gasteiger partial charge is 0.252 e. The molecule has 16 heavy (non-hydrogen) atoms. The minimum absolute atomic E-state index is 0.140. The van der Waals surface area contributed by atoms with E-state index in [1.807, 2.05) is 30.3 Å². The zero-order valence-electron chi connectivity index (χ0n) is 8.90. The molecule has 1 rings (SSSR count). The lowest BCUT2D eigenvalue weighted by atomic mass is 10.1. The van der Waals surface area contributed by atoms with Gasteiger partial charge in [0.2, 0.25) is 5.91 Å². The molecule has 0 atom stereocenters. The van der Waals surface area contributed by atoms with Crippen LogP contribution in [0, 0.1) is 0 Å². The van der Waals surface area contributed by atoms with Crippen LogP contribution in [0.2, 0.25) is 0 Å². The molecule has 2 amide bonds. The van der Waals surface area contributed by atoms with Crippen molar-refractivity contribution in [2.75, 3.05) is 6.54 Å². The third kappa shape index (κ3) is 4.56. The fourth-order valence-electron chi connectivity index (χ4n) is 1.16. The predicted molar refractivity (Wildman–Crippen MR) is 60.1 cm³/mol. The van der Waals surface area contributed by atoms with E-state index >= 15 is 0 Å². The van der Waals surface area contributed by atoms with Gasteiger partial charge in [-0.25, -0.2) is 0 Å². The Balaban J connectivity index is 2.23. The highest BCUT2D eigenvalue weighted by molar-refractivity contribution is 5.82. The molecule has 1 aromatic rings. The standard InChI is InChI=1S/C11H15N3O2/c12-8-11(16)14-13-10(15)7-6-9-4-2-1-3-5-9/h1-5H,6-8,12H2,(H,13,15)(H,14,16). The van der Waals surface area contributed by atoms with E-state index in [1.165, 1.54) is 0 Å². The van der Waals surface area contributed by atoms with Crippen LogP contribution in [-0.4, -0.2) is 18.4 Å². The number of hydrazine groups is 1. The zero-order valence-corrected chi connectivity index (χ0v) is 8.90. The monoisotopic (exact) mass is 221 g/mol. The number of hydrogen-bond acceptors (Lipinski definition) is 3. The highest BCUT2D eigenvalue weighted by atomic mass is 16.2. The van der Waals surface area contributed by atoms with Crippen LogP contribution < -0.4 is 16.6 Å². The minimum atomic E-state index is -0.409. The van der Waals surface area contributed by atoms with Gasteiger partial charge in [0.15, 0.2) is 0 Å². The summed E-state index contributed by atoms with van der Waals surface area (Å²) < 4.78 is 0. The van der Waals surface area contributed by atoms with Crippen LogP contribution in [0.4, 0.5) is 0 Å². The number of benzene rings is 1. The predicted octanol–water partition coefficient (Wildman–Crippen LogP) is -0.275. The van der Waals surface area contributed by atoms with Gasteiger partial charge in [0, 0.05) is 6.42 Å². The molecule has 0 bridgehead atoms. The summed E-state index contributed by atoms with van der Waals surface area (Å²) in [5, 5.41) is 0. The Morgan fingerprint density at radius 3 is 2.31 bits per heavy atom. The van der Waals surface area contributed by atoms with Gasteiger partial charge in [-0.1, -0.05) is 30.3 Å². The number of hydrogen-bond donors (Lipinski definition) is 3. The summed E-state index contributed by atoms with van der Waals surface area (Å²) in [6.07, 6.45) is 0.972. The van der Waals surface area contributed by atoms with Crippen molar-refractivity contribution < 1.29 is 9.59 Å². The van der Waals surface area contributed by atoms with Crippen LogP contribution in [-0.2, 0) is 16.0 Å². The van der Waals surface area contributed by atoms with Crippen molar-refractivity contribution in [1.29, 1.82) is 0 Å². The molecular formula is C11H15N3O2. The summed E-state index contributed by atoms with van der Waals surface area (Å²) in [4.78, 5) is 22.0. The van der Waals surface area contributed by atoms with Gasteiger partial charge in [-0.15, -0.1) is 0 Å². The maximum absolute atomic E-state index is 11.3. The Morgan fingerprint density at radius 1 is 1.06 bits per heavy atom. The SMILES string of the molecule is NCC(=O)NNC(=O)CCc1ccccc1. The highest BCUT2D eigenvalue weighted by Crippen LogP contribution is 2.01. The van der Waals surface area contributed by atoms with E-state index in [2.05, 4.69) is 10.9 Å². The molecule has 5 nitrogen and oxygen atoms in total. The van der Waals surface area contributed by atoms with E-state index in [0.717, 1.165) is 5.56 Å². The molecule has 0 aromatic heterocycles. The first-order chi connectivity index (χ1) is 7.72. The number of carbonyl (C=O) groups excluding carboxylic acids is 2. The molecule has 0 heterocycles. The Bertz CT molecular complexity index is 352. The molecule has 0 aliphatic carbocycles. The summed E-state index contributed by atoms with van der Waals surface area (Å²) in [6.45, 7) is -0.140. The fraction of sp³-hybridized carbons (Fsp3) is 0.273. The maximum Gasteiger partial charge on any atom is 0.252 e. The average molecular weight is 221 g/mol. The molecule has 0 radical (unpaired) electrons. The molecule has 4 N–H and O–H groups in total. The van der Waals surface area contributed by atoms with Crippen molar-refractivity contribution >= 4 is 11.8 Å². The normalized spacial score (nSPS) is 9.56. The molecule has 0 saturated heterocycles. The van der Waals surface area contributed by atoms with Crippen LogP contribution in [0.15, 0.2) is 30.3 Å². The van der Waals surface area contributed by atoms with Crippen molar-refractivity contribution in [1.82, 2.24) is 10.9 Å². The molecule has 0 aliphatic rings. The van der Waals surface area contributed by atoms with Gasteiger partial charge in [-0.2, -0.15) is 0 Å².